The molecule has 0 amide bonds. The van der Waals surface area contributed by atoms with Crippen molar-refractivity contribution in [1.29, 1.82) is 0 Å². The van der Waals surface area contributed by atoms with E-state index in [0.717, 1.165) is 43.5 Å². The Labute approximate surface area is 283 Å². The fourth-order valence-electron chi connectivity index (χ4n) is 4.10. The zero-order chi connectivity index (χ0) is 33.0. The first kappa shape index (κ1) is 34.1. The molecule has 0 aliphatic carbocycles. The van der Waals surface area contributed by atoms with Crippen molar-refractivity contribution in [1.82, 2.24) is 29.9 Å². The van der Waals surface area contributed by atoms with Gasteiger partial charge < -0.3 is 0 Å². The molecular formula is C34H33F2N7O2Se2. The normalized spacial score (nSPS) is 11.3. The topological polar surface area (TPSA) is 99.0 Å². The third-order valence-electron chi connectivity index (χ3n) is 6.38. The molecule has 0 saturated carbocycles. The second-order valence-electron chi connectivity index (χ2n) is 10.1. The molecule has 6 rings (SSSR count). The van der Waals surface area contributed by atoms with Gasteiger partial charge in [-0.1, -0.05) is 0 Å². The molecule has 0 spiro atoms. The van der Waals surface area contributed by atoms with Crippen LogP contribution in [0.5, 0.6) is 11.5 Å². The number of aryl methyl sites for hydroxylation is 1. The second-order valence-corrected chi connectivity index (χ2v) is 14.6. The zero-order valence-electron chi connectivity index (χ0n) is 26.1. The number of aromatic nitrogens is 6. The van der Waals surface area contributed by atoms with Gasteiger partial charge in [-0.3, -0.25) is 0 Å². The van der Waals surface area contributed by atoms with Gasteiger partial charge >= 0.3 is 285 Å². The maximum atomic E-state index is 12.2. The molecule has 0 aliphatic heterocycles. The van der Waals surface area contributed by atoms with Crippen LogP contribution in [0.3, 0.4) is 0 Å². The van der Waals surface area contributed by atoms with E-state index in [1.807, 2.05) is 99.0 Å². The predicted octanol–water partition coefficient (Wildman–Crippen LogP) is 5.83. The first-order valence-corrected chi connectivity index (χ1v) is 18.2. The quantitative estimate of drug-likeness (QED) is 0.143. The standard InChI is InChI=1S/C17H17FN4OSe.C17H16FN3OSe/c1-22(2)17-19-10-12(11-20-17)3-6-16-21-14-9-13(23-8-7-18)4-5-15(14)24-16;1-2-16-19-10-12(11-20-16)3-6-17-21-14-9-13(22-8-7-18)4-5-15(14)23-17/h3-6,9-11H,7-8H2,1-2H3;3-6,9-11H,2,7-8H2,1H3/b2*6-3+. The van der Waals surface area contributed by atoms with Crippen LogP contribution in [0.2, 0.25) is 0 Å². The molecule has 0 N–H and O–H groups in total. The summed E-state index contributed by atoms with van der Waals surface area (Å²) < 4.78 is 39.4. The van der Waals surface area contributed by atoms with Crippen molar-refractivity contribution in [3.05, 3.63) is 87.3 Å². The number of hydrogen-bond acceptors (Lipinski definition) is 9. The third-order valence-corrected chi connectivity index (χ3v) is 10.6. The Morgan fingerprint density at radius 2 is 1.15 bits per heavy atom. The van der Waals surface area contributed by atoms with Crippen molar-refractivity contribution >= 4 is 78.8 Å². The number of nitrogens with zero attached hydrogens (tertiary/aromatic N) is 7. The molecule has 242 valence electrons. The van der Waals surface area contributed by atoms with Crippen LogP contribution in [-0.2, 0) is 6.42 Å². The molecule has 0 saturated heterocycles. The molecule has 47 heavy (non-hydrogen) atoms. The van der Waals surface area contributed by atoms with Gasteiger partial charge in [-0.2, -0.15) is 0 Å². The van der Waals surface area contributed by atoms with Crippen LogP contribution in [-0.4, -0.2) is 99.6 Å². The molecule has 2 aromatic carbocycles. The summed E-state index contributed by atoms with van der Waals surface area (Å²) in [5.74, 6) is 2.85. The third kappa shape index (κ3) is 9.86. The molecule has 0 bridgehead atoms. The molecular weight excluding hydrogens is 734 g/mol. The van der Waals surface area contributed by atoms with Gasteiger partial charge in [0, 0.05) is 0 Å². The molecule has 13 heteroatoms. The number of fused-ring (bicyclic) bond motifs is 2. The van der Waals surface area contributed by atoms with E-state index >= 15 is 0 Å². The number of benzene rings is 2. The SMILES string of the molecule is CCc1ncc(/C=C/c2nc3cc(OCCF)ccc3[se]2)cn1.CN(C)c1ncc(/C=C/c2nc3cc(OCCF)ccc3[se]2)cn1. The van der Waals surface area contributed by atoms with Crippen LogP contribution >= 0.6 is 0 Å². The number of rotatable bonds is 12. The van der Waals surface area contributed by atoms with Crippen molar-refractivity contribution in [2.24, 2.45) is 0 Å². The molecule has 0 unspecified atom stereocenters. The van der Waals surface area contributed by atoms with Crippen molar-refractivity contribution in [2.75, 3.05) is 45.6 Å². The van der Waals surface area contributed by atoms with Crippen LogP contribution in [0.1, 0.15) is 33.0 Å². The summed E-state index contributed by atoms with van der Waals surface area (Å²) in [5, 5.41) is 0. The summed E-state index contributed by atoms with van der Waals surface area (Å²) in [6.45, 7) is 1.20. The minimum atomic E-state index is -0.493. The molecule has 4 heterocycles. The van der Waals surface area contributed by atoms with Gasteiger partial charge in [0.2, 0.25) is 0 Å². The molecule has 0 radical (unpaired) electrons. The van der Waals surface area contributed by atoms with Crippen molar-refractivity contribution in [3.8, 4) is 11.5 Å². The Kier molecular flexibility index (Phi) is 12.3. The Hall–Kier alpha value is -4.28. The fourth-order valence-corrected chi connectivity index (χ4v) is 7.67. The summed E-state index contributed by atoms with van der Waals surface area (Å²) in [7, 11) is 3.81. The van der Waals surface area contributed by atoms with Gasteiger partial charge in [0.25, 0.3) is 0 Å². The summed E-state index contributed by atoms with van der Waals surface area (Å²) >= 11 is 0.337. The number of hydrogen-bond donors (Lipinski definition) is 0. The van der Waals surface area contributed by atoms with Crippen molar-refractivity contribution < 1.29 is 18.3 Å². The van der Waals surface area contributed by atoms with E-state index in [1.165, 1.54) is 8.52 Å². The zero-order valence-corrected chi connectivity index (χ0v) is 29.6. The van der Waals surface area contributed by atoms with Crippen LogP contribution in [0, 0.1) is 0 Å². The molecule has 0 aliphatic rings. The van der Waals surface area contributed by atoms with E-state index in [2.05, 4.69) is 29.9 Å². The van der Waals surface area contributed by atoms with Gasteiger partial charge in [0.15, 0.2) is 0 Å². The van der Waals surface area contributed by atoms with E-state index in [1.54, 1.807) is 12.4 Å². The monoisotopic (exact) mass is 769 g/mol. The van der Waals surface area contributed by atoms with E-state index < -0.39 is 13.3 Å². The Balaban J connectivity index is 0.000000185. The number of ether oxygens (including phenoxy) is 2. The van der Waals surface area contributed by atoms with Crippen molar-refractivity contribution in [2.45, 2.75) is 13.3 Å². The van der Waals surface area contributed by atoms with E-state index in [-0.39, 0.29) is 42.2 Å². The van der Waals surface area contributed by atoms with Crippen LogP contribution in [0.25, 0.3) is 43.9 Å². The Morgan fingerprint density at radius 1 is 0.681 bits per heavy atom. The van der Waals surface area contributed by atoms with Crippen molar-refractivity contribution in [3.63, 3.8) is 0 Å². The van der Waals surface area contributed by atoms with Crippen LogP contribution < -0.4 is 14.4 Å². The summed E-state index contributed by atoms with van der Waals surface area (Å²) in [4.78, 5) is 28.2. The van der Waals surface area contributed by atoms with Crippen LogP contribution in [0.15, 0.2) is 61.2 Å². The minimum absolute atomic E-state index is 0.0728. The molecule has 0 fully saturated rings. The van der Waals surface area contributed by atoms with Crippen LogP contribution in [0.4, 0.5) is 14.7 Å². The predicted molar refractivity (Wildman–Crippen MR) is 186 cm³/mol. The molecule has 4 aromatic heterocycles. The van der Waals surface area contributed by atoms with Gasteiger partial charge in [0.05, 0.1) is 0 Å². The van der Waals surface area contributed by atoms with E-state index in [0.29, 0.717) is 17.4 Å². The summed E-state index contributed by atoms with van der Waals surface area (Å²) in [5.41, 5.74) is 3.72. The molecule has 0 atom stereocenters. The average molecular weight is 768 g/mol. The van der Waals surface area contributed by atoms with Gasteiger partial charge in [-0.05, 0) is 0 Å². The first-order chi connectivity index (χ1) is 22.9. The maximum absolute atomic E-state index is 12.2. The summed E-state index contributed by atoms with van der Waals surface area (Å²) in [6.07, 6.45) is 16.0. The Bertz CT molecular complexity index is 1940. The first-order valence-electron chi connectivity index (χ1n) is 14.8. The average Bonchev–Trinajstić information content (AvgIpc) is 3.71. The number of anilines is 1. The van der Waals surface area contributed by atoms with Gasteiger partial charge in [-0.25, -0.2) is 0 Å². The van der Waals surface area contributed by atoms with E-state index in [9.17, 15) is 8.78 Å². The Morgan fingerprint density at radius 3 is 1.57 bits per heavy atom. The number of halogens is 2. The second kappa shape index (κ2) is 17.0. The van der Waals surface area contributed by atoms with Gasteiger partial charge in [-0.15, -0.1) is 0 Å². The molecule has 9 nitrogen and oxygen atoms in total. The van der Waals surface area contributed by atoms with E-state index in [4.69, 9.17) is 9.47 Å². The number of alkyl halides is 2. The van der Waals surface area contributed by atoms with Gasteiger partial charge in [0.1, 0.15) is 0 Å². The fraction of sp³-hybridized carbons (Fsp3) is 0.235. The molecule has 6 aromatic rings. The summed E-state index contributed by atoms with van der Waals surface area (Å²) in [6, 6.07) is 11.5.